The van der Waals surface area contributed by atoms with Crippen molar-refractivity contribution in [3.8, 4) is 5.88 Å². The lowest BCUT2D eigenvalue weighted by Gasteiger charge is -2.05. The standard InChI is InChI=1S/C10H10ClIN3O2P/c1-5(2)17-10-8-9(15(14-10)18-12)6(4-16)3-7(11)13-8/h3-5,18H,1-2H3. The second kappa shape index (κ2) is 5.67. The molecule has 0 aromatic carbocycles. The Hall–Kier alpha value is -0.460. The maximum atomic E-state index is 11.1. The van der Waals surface area contributed by atoms with Crippen molar-refractivity contribution in [2.75, 3.05) is 0 Å². The Bertz CT molecular complexity index is 602. The van der Waals surface area contributed by atoms with Crippen LogP contribution in [0.2, 0.25) is 5.15 Å². The number of carbonyl (C=O) groups excluding carboxylic acids is 1. The Labute approximate surface area is 124 Å². The first-order valence-corrected chi connectivity index (χ1v) is 9.58. The van der Waals surface area contributed by atoms with Gasteiger partial charge < -0.3 is 4.74 Å². The van der Waals surface area contributed by atoms with Crippen LogP contribution in [0.4, 0.5) is 0 Å². The first-order chi connectivity index (χ1) is 8.56. The van der Waals surface area contributed by atoms with Gasteiger partial charge >= 0.3 is 0 Å². The third kappa shape index (κ3) is 2.60. The minimum atomic E-state index is -0.0189. The molecule has 0 saturated heterocycles. The molecular formula is C10H10ClIN3O2P. The molecule has 1 unspecified atom stereocenters. The van der Waals surface area contributed by atoms with Crippen LogP contribution in [0.5, 0.6) is 5.88 Å². The van der Waals surface area contributed by atoms with E-state index >= 15 is 0 Å². The van der Waals surface area contributed by atoms with Gasteiger partial charge in [0, 0.05) is 5.56 Å². The predicted molar refractivity (Wildman–Crippen MR) is 81.4 cm³/mol. The molecule has 5 nitrogen and oxygen atoms in total. The van der Waals surface area contributed by atoms with Gasteiger partial charge in [-0.15, -0.1) is 5.10 Å². The lowest BCUT2D eigenvalue weighted by Crippen LogP contribution is -2.06. The molecule has 0 fully saturated rings. The van der Waals surface area contributed by atoms with E-state index in [1.165, 1.54) is 6.07 Å². The normalized spacial score (nSPS) is 11.8. The summed E-state index contributed by atoms with van der Waals surface area (Å²) < 4.78 is 7.31. The number of aldehydes is 1. The molecule has 0 spiro atoms. The van der Waals surface area contributed by atoms with Crippen LogP contribution in [0.15, 0.2) is 6.07 Å². The molecule has 0 N–H and O–H groups in total. The largest absolute Gasteiger partial charge is 0.472 e. The van der Waals surface area contributed by atoms with Gasteiger partial charge in [0.1, 0.15) is 10.7 Å². The van der Waals surface area contributed by atoms with Gasteiger partial charge in [0.2, 0.25) is 0 Å². The molecule has 2 rings (SSSR count). The van der Waals surface area contributed by atoms with Crippen molar-refractivity contribution in [1.82, 2.24) is 14.5 Å². The van der Waals surface area contributed by atoms with E-state index in [1.54, 1.807) is 4.45 Å². The highest BCUT2D eigenvalue weighted by atomic mass is 127. The predicted octanol–water partition coefficient (Wildman–Crippen LogP) is 3.48. The van der Waals surface area contributed by atoms with Crippen molar-refractivity contribution in [1.29, 1.82) is 0 Å². The lowest BCUT2D eigenvalue weighted by molar-refractivity contribution is 0.112. The summed E-state index contributed by atoms with van der Waals surface area (Å²) in [6, 6.07) is 1.53. The first-order valence-electron chi connectivity index (χ1n) is 5.14. The van der Waals surface area contributed by atoms with Crippen LogP contribution in [-0.2, 0) is 0 Å². The molecule has 0 radical (unpaired) electrons. The highest BCUT2D eigenvalue weighted by molar-refractivity contribution is 14.2. The molecule has 0 aliphatic heterocycles. The van der Waals surface area contributed by atoms with Crippen molar-refractivity contribution in [3.05, 3.63) is 16.8 Å². The number of ether oxygens (including phenoxy) is 1. The van der Waals surface area contributed by atoms with Crippen molar-refractivity contribution < 1.29 is 9.53 Å². The van der Waals surface area contributed by atoms with Crippen molar-refractivity contribution >= 4 is 57.3 Å². The monoisotopic (exact) mass is 397 g/mol. The van der Waals surface area contributed by atoms with E-state index in [-0.39, 0.29) is 11.3 Å². The number of nitrogens with zero attached hydrogens (tertiary/aromatic N) is 3. The second-order valence-corrected chi connectivity index (χ2v) is 6.24. The lowest BCUT2D eigenvalue weighted by atomic mass is 10.2. The smallest absolute Gasteiger partial charge is 0.260 e. The minimum absolute atomic E-state index is 0.0189. The molecule has 0 bridgehead atoms. The fourth-order valence-electron chi connectivity index (χ4n) is 1.54. The van der Waals surface area contributed by atoms with E-state index in [0.717, 1.165) is 6.29 Å². The molecule has 0 aliphatic rings. The van der Waals surface area contributed by atoms with Crippen LogP contribution >= 0.6 is 40.0 Å². The molecule has 2 aromatic heterocycles. The van der Waals surface area contributed by atoms with E-state index in [9.17, 15) is 4.79 Å². The minimum Gasteiger partial charge on any atom is -0.472 e. The molecule has 1 atom stereocenters. The molecule has 0 aliphatic carbocycles. The fraction of sp³-hybridized carbons (Fsp3) is 0.300. The molecular weight excluding hydrogens is 387 g/mol. The Morgan fingerprint density at radius 3 is 2.89 bits per heavy atom. The van der Waals surface area contributed by atoms with Crippen molar-refractivity contribution in [3.63, 3.8) is 0 Å². The maximum Gasteiger partial charge on any atom is 0.260 e. The van der Waals surface area contributed by atoms with E-state index in [2.05, 4.69) is 32.1 Å². The van der Waals surface area contributed by atoms with E-state index in [1.807, 2.05) is 13.8 Å². The fourth-order valence-corrected chi connectivity index (χ4v) is 3.24. The van der Waals surface area contributed by atoms with E-state index in [4.69, 9.17) is 16.3 Å². The van der Waals surface area contributed by atoms with Crippen molar-refractivity contribution in [2.24, 2.45) is 0 Å². The maximum absolute atomic E-state index is 11.1. The molecule has 8 heteroatoms. The summed E-state index contributed by atoms with van der Waals surface area (Å²) >= 11 is 8.09. The number of rotatable bonds is 4. The number of halogens is 2. The molecule has 2 aromatic rings. The highest BCUT2D eigenvalue weighted by Gasteiger charge is 2.18. The van der Waals surface area contributed by atoms with Crippen molar-refractivity contribution in [2.45, 2.75) is 20.0 Å². The topological polar surface area (TPSA) is 57.0 Å². The third-order valence-corrected chi connectivity index (χ3v) is 4.20. The van der Waals surface area contributed by atoms with Gasteiger partial charge in [-0.2, -0.15) is 0 Å². The molecule has 18 heavy (non-hydrogen) atoms. The summed E-state index contributed by atoms with van der Waals surface area (Å²) in [6.45, 7) is 3.81. The average Bonchev–Trinajstić information content (AvgIpc) is 2.65. The van der Waals surface area contributed by atoms with Gasteiger partial charge in [-0.3, -0.25) is 4.79 Å². The van der Waals surface area contributed by atoms with Gasteiger partial charge in [0.15, 0.2) is 11.8 Å². The molecule has 0 amide bonds. The Balaban J connectivity index is 2.74. The average molecular weight is 398 g/mol. The number of hydrogen-bond acceptors (Lipinski definition) is 4. The zero-order valence-corrected chi connectivity index (χ0v) is 13.6. The zero-order chi connectivity index (χ0) is 13.3. The second-order valence-electron chi connectivity index (χ2n) is 3.82. The van der Waals surface area contributed by atoms with Crippen LogP contribution in [0.1, 0.15) is 24.2 Å². The van der Waals surface area contributed by atoms with Crippen LogP contribution in [-0.4, -0.2) is 26.9 Å². The summed E-state index contributed by atoms with van der Waals surface area (Å²) in [4.78, 5) is 15.3. The summed E-state index contributed by atoms with van der Waals surface area (Å²) in [5.74, 6) is 0.412. The van der Waals surface area contributed by atoms with Crippen LogP contribution in [0.3, 0.4) is 0 Å². The number of carbonyl (C=O) groups is 1. The Kier molecular flexibility index (Phi) is 4.40. The summed E-state index contributed by atoms with van der Waals surface area (Å²) in [6.07, 6.45) is 1.09. The Morgan fingerprint density at radius 1 is 1.61 bits per heavy atom. The van der Waals surface area contributed by atoms with Crippen LogP contribution < -0.4 is 4.74 Å². The van der Waals surface area contributed by atoms with Crippen LogP contribution in [0.25, 0.3) is 11.0 Å². The molecule has 96 valence electrons. The van der Waals surface area contributed by atoms with Gasteiger partial charge in [-0.05, 0) is 42.0 Å². The van der Waals surface area contributed by atoms with Gasteiger partial charge in [-0.1, -0.05) is 11.6 Å². The molecule has 0 saturated carbocycles. The first kappa shape index (κ1) is 14.0. The number of hydrogen-bond donors (Lipinski definition) is 0. The number of pyridine rings is 1. The summed E-state index contributed by atoms with van der Waals surface area (Å²) in [5, 5.41) is 4.58. The zero-order valence-electron chi connectivity index (χ0n) is 9.65. The van der Waals surface area contributed by atoms with Crippen LogP contribution in [0, 0.1) is 0 Å². The summed E-state index contributed by atoms with van der Waals surface area (Å²) in [7, 11) is 0. The number of fused-ring (bicyclic) bond motifs is 1. The SMILES string of the molecule is CC(C)Oc1nn(PI)c2c(C=O)cc(Cl)nc12. The van der Waals surface area contributed by atoms with E-state index in [0.29, 0.717) is 28.9 Å². The van der Waals surface area contributed by atoms with Gasteiger partial charge in [-0.25, -0.2) is 9.44 Å². The summed E-state index contributed by atoms with van der Waals surface area (Å²) in [5.41, 5.74) is 1.67. The van der Waals surface area contributed by atoms with Gasteiger partial charge in [0.05, 0.1) is 12.5 Å². The van der Waals surface area contributed by atoms with Gasteiger partial charge in [0.25, 0.3) is 5.88 Å². The molecule has 2 heterocycles. The highest BCUT2D eigenvalue weighted by Crippen LogP contribution is 2.35. The third-order valence-electron chi connectivity index (χ3n) is 2.15. The Morgan fingerprint density at radius 2 is 2.33 bits per heavy atom. The quantitative estimate of drug-likeness (QED) is 0.343. The number of aromatic nitrogens is 3. The van der Waals surface area contributed by atoms with E-state index < -0.39 is 0 Å².